The second-order valence-electron chi connectivity index (χ2n) is 7.38. The molecule has 6 heteroatoms. The van der Waals surface area contributed by atoms with Gasteiger partial charge in [0, 0.05) is 18.2 Å². The fraction of sp³-hybridized carbons (Fsp3) is 0.318. The molecule has 28 heavy (non-hydrogen) atoms. The molecule has 2 aromatic carbocycles. The Morgan fingerprint density at radius 1 is 0.929 bits per heavy atom. The van der Waals surface area contributed by atoms with Gasteiger partial charge in [-0.05, 0) is 41.3 Å². The van der Waals surface area contributed by atoms with E-state index in [0.29, 0.717) is 17.0 Å². The molecule has 0 atom stereocenters. The van der Waals surface area contributed by atoms with E-state index in [4.69, 9.17) is 9.47 Å². The molecule has 1 N–H and O–H groups in total. The van der Waals surface area contributed by atoms with Crippen LogP contribution in [-0.4, -0.2) is 30.9 Å². The quantitative estimate of drug-likeness (QED) is 0.582. The van der Waals surface area contributed by atoms with Crippen molar-refractivity contribution in [2.45, 2.75) is 33.1 Å². The Bertz CT molecular complexity index is 850. The summed E-state index contributed by atoms with van der Waals surface area (Å²) in [7, 11) is 0. The lowest BCUT2D eigenvalue weighted by atomic mass is 9.86. The van der Waals surface area contributed by atoms with E-state index >= 15 is 0 Å². The van der Waals surface area contributed by atoms with Crippen molar-refractivity contribution in [2.75, 3.05) is 18.5 Å². The molecule has 0 unspecified atom stereocenters. The van der Waals surface area contributed by atoms with E-state index in [9.17, 15) is 14.4 Å². The summed E-state index contributed by atoms with van der Waals surface area (Å²) in [4.78, 5) is 35.1. The minimum absolute atomic E-state index is 0.125. The minimum atomic E-state index is -0.619. The maximum Gasteiger partial charge on any atom is 0.344 e. The molecule has 2 aromatic rings. The van der Waals surface area contributed by atoms with Gasteiger partial charge in [0.2, 0.25) is 5.91 Å². The number of Topliss-reactive ketones (excluding diaryl/α,β-unsaturated/α-hetero) is 1. The normalized spacial score (nSPS) is 10.9. The summed E-state index contributed by atoms with van der Waals surface area (Å²) in [5.41, 5.74) is 1.84. The first-order valence-electron chi connectivity index (χ1n) is 8.95. The zero-order valence-corrected chi connectivity index (χ0v) is 16.6. The Labute approximate surface area is 164 Å². The highest BCUT2D eigenvalue weighted by Crippen LogP contribution is 2.30. The number of carbonyl (C=O) groups is 3. The van der Waals surface area contributed by atoms with Crippen molar-refractivity contribution < 1.29 is 23.9 Å². The summed E-state index contributed by atoms with van der Waals surface area (Å²) in [6, 6.07) is 13.9. The van der Waals surface area contributed by atoms with Gasteiger partial charge in [0.05, 0.1) is 0 Å². The van der Waals surface area contributed by atoms with E-state index < -0.39 is 5.97 Å². The number of nitrogens with one attached hydrogen (secondary N) is 1. The summed E-state index contributed by atoms with van der Waals surface area (Å²) >= 11 is 0. The van der Waals surface area contributed by atoms with Gasteiger partial charge in [0.25, 0.3) is 0 Å². The van der Waals surface area contributed by atoms with Crippen LogP contribution in [0.15, 0.2) is 48.5 Å². The minimum Gasteiger partial charge on any atom is -0.482 e. The highest BCUT2D eigenvalue weighted by Gasteiger charge is 2.19. The van der Waals surface area contributed by atoms with Crippen LogP contribution in [0.2, 0.25) is 0 Å². The zero-order valence-electron chi connectivity index (χ0n) is 16.6. The highest BCUT2D eigenvalue weighted by atomic mass is 16.6. The number of ether oxygens (including phenoxy) is 2. The lowest BCUT2D eigenvalue weighted by molar-refractivity contribution is -0.144. The molecule has 0 heterocycles. The molecule has 0 saturated heterocycles. The molecule has 0 bridgehead atoms. The van der Waals surface area contributed by atoms with Crippen LogP contribution in [0.25, 0.3) is 0 Å². The van der Waals surface area contributed by atoms with Crippen LogP contribution >= 0.6 is 0 Å². The van der Waals surface area contributed by atoms with E-state index in [0.717, 1.165) is 5.56 Å². The first kappa shape index (κ1) is 21.2. The van der Waals surface area contributed by atoms with Crippen molar-refractivity contribution in [1.29, 1.82) is 0 Å². The molecule has 0 aliphatic rings. The fourth-order valence-electron chi connectivity index (χ4n) is 2.56. The van der Waals surface area contributed by atoms with Gasteiger partial charge in [-0.25, -0.2) is 4.79 Å². The molecular weight excluding hydrogens is 358 g/mol. The van der Waals surface area contributed by atoms with Crippen LogP contribution in [0.5, 0.6) is 5.75 Å². The van der Waals surface area contributed by atoms with Gasteiger partial charge in [-0.1, -0.05) is 39.0 Å². The predicted octanol–water partition coefficient (Wildman–Crippen LogP) is 3.75. The van der Waals surface area contributed by atoms with Crippen molar-refractivity contribution in [3.05, 3.63) is 59.7 Å². The molecule has 0 saturated carbocycles. The van der Waals surface area contributed by atoms with Crippen LogP contribution in [0.1, 0.15) is 43.6 Å². The second kappa shape index (κ2) is 9.17. The summed E-state index contributed by atoms with van der Waals surface area (Å²) < 4.78 is 10.6. The Kier molecular flexibility index (Phi) is 6.93. The lowest BCUT2D eigenvalue weighted by Gasteiger charge is -2.22. The molecule has 0 spiro atoms. The van der Waals surface area contributed by atoms with Crippen LogP contribution in [0, 0.1) is 0 Å². The average molecular weight is 383 g/mol. The summed E-state index contributed by atoms with van der Waals surface area (Å²) in [6.45, 7) is 6.93. The van der Waals surface area contributed by atoms with Crippen LogP contribution in [0.4, 0.5) is 5.69 Å². The zero-order chi connectivity index (χ0) is 20.7. The van der Waals surface area contributed by atoms with Gasteiger partial charge >= 0.3 is 5.97 Å². The molecule has 0 fully saturated rings. The van der Waals surface area contributed by atoms with Crippen molar-refractivity contribution >= 4 is 23.3 Å². The average Bonchev–Trinajstić information content (AvgIpc) is 2.64. The Morgan fingerprint density at radius 2 is 1.57 bits per heavy atom. The van der Waals surface area contributed by atoms with Crippen molar-refractivity contribution in [2.24, 2.45) is 0 Å². The molecule has 148 valence electrons. The number of hydrogen-bond donors (Lipinski definition) is 1. The van der Waals surface area contributed by atoms with Gasteiger partial charge in [-0.2, -0.15) is 0 Å². The van der Waals surface area contributed by atoms with E-state index in [1.165, 1.54) is 6.92 Å². The lowest BCUT2D eigenvalue weighted by Crippen LogP contribution is -2.21. The molecule has 2 rings (SSSR count). The number of para-hydroxylation sites is 1. The molecule has 0 aromatic heterocycles. The third-order valence-corrected chi connectivity index (χ3v) is 3.93. The van der Waals surface area contributed by atoms with E-state index in [1.54, 1.807) is 30.3 Å². The number of esters is 1. The standard InChI is InChI=1S/C22H25NO5/c1-15(24)23-17-11-9-16(10-12-17)19(25)13-28-21(26)14-27-20-8-6-5-7-18(20)22(2,3)4/h5-12H,13-14H2,1-4H3,(H,23,24). The maximum absolute atomic E-state index is 12.1. The third kappa shape index (κ3) is 6.23. The number of anilines is 1. The topological polar surface area (TPSA) is 81.7 Å². The molecular formula is C22H25NO5. The number of amides is 1. The third-order valence-electron chi connectivity index (χ3n) is 3.93. The first-order valence-corrected chi connectivity index (χ1v) is 8.95. The largest absolute Gasteiger partial charge is 0.482 e. The van der Waals surface area contributed by atoms with Crippen molar-refractivity contribution in [3.8, 4) is 5.75 Å². The summed E-state index contributed by atoms with van der Waals surface area (Å²) in [5.74, 6) is -0.530. The van der Waals surface area contributed by atoms with Gasteiger partial charge in [0.15, 0.2) is 19.0 Å². The highest BCUT2D eigenvalue weighted by molar-refractivity contribution is 5.98. The fourth-order valence-corrected chi connectivity index (χ4v) is 2.56. The summed E-state index contributed by atoms with van der Waals surface area (Å²) in [5, 5.41) is 2.62. The van der Waals surface area contributed by atoms with E-state index in [1.807, 2.05) is 18.2 Å². The smallest absolute Gasteiger partial charge is 0.344 e. The SMILES string of the molecule is CC(=O)Nc1ccc(C(=O)COC(=O)COc2ccccc2C(C)(C)C)cc1. The van der Waals surface area contributed by atoms with Crippen LogP contribution in [0.3, 0.4) is 0 Å². The maximum atomic E-state index is 12.1. The molecule has 1 amide bonds. The number of ketones is 1. The Balaban J connectivity index is 1.86. The molecule has 6 nitrogen and oxygen atoms in total. The van der Waals surface area contributed by atoms with Gasteiger partial charge < -0.3 is 14.8 Å². The van der Waals surface area contributed by atoms with Gasteiger partial charge in [0.1, 0.15) is 5.75 Å². The van der Waals surface area contributed by atoms with Crippen LogP contribution in [-0.2, 0) is 19.7 Å². The number of benzene rings is 2. The first-order chi connectivity index (χ1) is 13.2. The predicted molar refractivity (Wildman–Crippen MR) is 107 cm³/mol. The van der Waals surface area contributed by atoms with Crippen molar-refractivity contribution in [1.82, 2.24) is 0 Å². The number of hydrogen-bond acceptors (Lipinski definition) is 5. The van der Waals surface area contributed by atoms with Crippen LogP contribution < -0.4 is 10.1 Å². The van der Waals surface area contributed by atoms with E-state index in [2.05, 4.69) is 26.1 Å². The Hall–Kier alpha value is -3.15. The second-order valence-corrected chi connectivity index (χ2v) is 7.38. The molecule has 0 aliphatic heterocycles. The monoisotopic (exact) mass is 383 g/mol. The van der Waals surface area contributed by atoms with Crippen molar-refractivity contribution in [3.63, 3.8) is 0 Å². The number of carbonyl (C=O) groups excluding carboxylic acids is 3. The molecule has 0 radical (unpaired) electrons. The Morgan fingerprint density at radius 3 is 2.18 bits per heavy atom. The van der Waals surface area contributed by atoms with Gasteiger partial charge in [-0.3, -0.25) is 9.59 Å². The van der Waals surface area contributed by atoms with Gasteiger partial charge in [-0.15, -0.1) is 0 Å². The molecule has 0 aliphatic carbocycles. The summed E-state index contributed by atoms with van der Waals surface area (Å²) in [6.07, 6.45) is 0. The number of rotatable bonds is 7. The van der Waals surface area contributed by atoms with E-state index in [-0.39, 0.29) is 30.3 Å².